The van der Waals surface area contributed by atoms with Gasteiger partial charge in [0, 0.05) is 23.1 Å². The van der Waals surface area contributed by atoms with Crippen LogP contribution in [0.25, 0.3) is 17.2 Å². The summed E-state index contributed by atoms with van der Waals surface area (Å²) < 4.78 is 27.7. The van der Waals surface area contributed by atoms with Gasteiger partial charge in [-0.1, -0.05) is 133 Å². The molecule has 6 rings (SSSR count). The standard InChI is InChI=1S/C42H31F2N/c43-37-25-21-35(22-26-37)42(36-23-27-38(44)28-24-36)31-45(39-16-8-3-9-17-39)40-29-19-32(20-30-40)11-10-18-41(33-12-4-1-5-13-33)34-14-6-2-7-15-34/h1-31H/b11-10+. The lowest BCUT2D eigenvalue weighted by Crippen LogP contribution is -2.10. The second-order valence-electron chi connectivity index (χ2n) is 10.5. The minimum atomic E-state index is -0.310. The molecule has 0 amide bonds. The molecule has 6 aromatic rings. The summed E-state index contributed by atoms with van der Waals surface area (Å²) >= 11 is 0. The fourth-order valence-electron chi connectivity index (χ4n) is 5.19. The van der Waals surface area contributed by atoms with E-state index in [-0.39, 0.29) is 11.6 Å². The van der Waals surface area contributed by atoms with E-state index in [0.717, 1.165) is 50.3 Å². The van der Waals surface area contributed by atoms with Crippen molar-refractivity contribution >= 4 is 28.6 Å². The maximum Gasteiger partial charge on any atom is 0.123 e. The Morgan fingerprint density at radius 1 is 0.422 bits per heavy atom. The maximum atomic E-state index is 13.9. The molecule has 0 spiro atoms. The van der Waals surface area contributed by atoms with Crippen LogP contribution < -0.4 is 4.90 Å². The number of hydrogen-bond donors (Lipinski definition) is 0. The van der Waals surface area contributed by atoms with Gasteiger partial charge in [0.05, 0.1) is 0 Å². The van der Waals surface area contributed by atoms with Crippen molar-refractivity contribution in [2.24, 2.45) is 0 Å². The summed E-state index contributed by atoms with van der Waals surface area (Å²) in [6, 6.07) is 51.9. The molecule has 0 heterocycles. The van der Waals surface area contributed by atoms with Crippen LogP contribution in [0.15, 0.2) is 182 Å². The summed E-state index contributed by atoms with van der Waals surface area (Å²) in [5.74, 6) is -0.620. The molecule has 0 aliphatic heterocycles. The van der Waals surface area contributed by atoms with E-state index in [4.69, 9.17) is 0 Å². The van der Waals surface area contributed by atoms with Gasteiger partial charge in [0.2, 0.25) is 0 Å². The average Bonchev–Trinajstić information content (AvgIpc) is 3.10. The van der Waals surface area contributed by atoms with Crippen molar-refractivity contribution in [3.8, 4) is 0 Å². The highest BCUT2D eigenvalue weighted by atomic mass is 19.1. The van der Waals surface area contributed by atoms with Gasteiger partial charge in [-0.3, -0.25) is 0 Å². The molecule has 3 heteroatoms. The van der Waals surface area contributed by atoms with Gasteiger partial charge in [-0.2, -0.15) is 0 Å². The van der Waals surface area contributed by atoms with E-state index < -0.39 is 0 Å². The molecular formula is C42H31F2N. The summed E-state index contributed by atoms with van der Waals surface area (Å²) in [5.41, 5.74) is 8.92. The molecule has 0 bridgehead atoms. The van der Waals surface area contributed by atoms with E-state index in [1.807, 2.05) is 48.7 Å². The van der Waals surface area contributed by atoms with Gasteiger partial charge in [0.25, 0.3) is 0 Å². The number of rotatable bonds is 9. The van der Waals surface area contributed by atoms with Crippen molar-refractivity contribution in [1.29, 1.82) is 0 Å². The van der Waals surface area contributed by atoms with Crippen molar-refractivity contribution in [3.05, 3.63) is 222 Å². The van der Waals surface area contributed by atoms with Crippen molar-refractivity contribution in [1.82, 2.24) is 0 Å². The van der Waals surface area contributed by atoms with Crippen LogP contribution in [-0.2, 0) is 0 Å². The SMILES string of the molecule is Fc1ccc(C(=CN(c2ccccc2)c2ccc(/C=C/C=C(c3ccccc3)c3ccccc3)cc2)c2ccc(F)cc2)cc1. The molecule has 0 atom stereocenters. The molecule has 0 radical (unpaired) electrons. The molecule has 0 fully saturated rings. The Morgan fingerprint density at radius 3 is 1.33 bits per heavy atom. The molecule has 1 nitrogen and oxygen atoms in total. The van der Waals surface area contributed by atoms with Gasteiger partial charge >= 0.3 is 0 Å². The highest BCUT2D eigenvalue weighted by molar-refractivity contribution is 5.84. The van der Waals surface area contributed by atoms with Crippen molar-refractivity contribution in [2.75, 3.05) is 4.90 Å². The lowest BCUT2D eigenvalue weighted by molar-refractivity contribution is 0.627. The molecule has 0 saturated heterocycles. The molecule has 0 saturated carbocycles. The first-order chi connectivity index (χ1) is 22.1. The van der Waals surface area contributed by atoms with Gasteiger partial charge < -0.3 is 4.90 Å². The molecule has 218 valence electrons. The molecule has 0 N–H and O–H groups in total. The Bertz CT molecular complexity index is 1820. The van der Waals surface area contributed by atoms with E-state index in [1.165, 1.54) is 24.3 Å². The van der Waals surface area contributed by atoms with Crippen LogP contribution >= 0.6 is 0 Å². The highest BCUT2D eigenvalue weighted by Crippen LogP contribution is 2.32. The number of anilines is 2. The highest BCUT2D eigenvalue weighted by Gasteiger charge is 2.13. The zero-order chi connectivity index (χ0) is 30.8. The van der Waals surface area contributed by atoms with Crippen LogP contribution in [-0.4, -0.2) is 0 Å². The fraction of sp³-hybridized carbons (Fsp3) is 0. The first-order valence-corrected chi connectivity index (χ1v) is 14.8. The summed E-state index contributed by atoms with van der Waals surface area (Å²) in [7, 11) is 0. The van der Waals surface area contributed by atoms with E-state index >= 15 is 0 Å². The minimum absolute atomic E-state index is 0.310. The summed E-state index contributed by atoms with van der Waals surface area (Å²) in [5, 5.41) is 0. The van der Waals surface area contributed by atoms with Crippen molar-refractivity contribution < 1.29 is 8.78 Å². The second-order valence-corrected chi connectivity index (χ2v) is 10.5. The predicted molar refractivity (Wildman–Crippen MR) is 184 cm³/mol. The molecule has 0 aliphatic rings. The van der Waals surface area contributed by atoms with Gasteiger partial charge in [0.1, 0.15) is 11.6 Å². The van der Waals surface area contributed by atoms with Crippen LogP contribution in [0.5, 0.6) is 0 Å². The van der Waals surface area contributed by atoms with E-state index in [0.29, 0.717) is 0 Å². The maximum absolute atomic E-state index is 13.9. The summed E-state index contributed by atoms with van der Waals surface area (Å²) in [6.45, 7) is 0. The lowest BCUT2D eigenvalue weighted by atomic mass is 9.97. The third kappa shape index (κ3) is 7.41. The van der Waals surface area contributed by atoms with E-state index in [2.05, 4.69) is 95.9 Å². The Kier molecular flexibility index (Phi) is 9.18. The zero-order valence-corrected chi connectivity index (χ0v) is 24.6. The minimum Gasteiger partial charge on any atom is -0.317 e. The first kappa shape index (κ1) is 29.3. The molecule has 0 unspecified atom stereocenters. The molecule has 45 heavy (non-hydrogen) atoms. The molecule has 0 aliphatic carbocycles. The molecule has 0 aromatic heterocycles. The number of halogens is 2. The molecule has 6 aromatic carbocycles. The lowest BCUT2D eigenvalue weighted by Gasteiger charge is -2.23. The molecular weight excluding hydrogens is 556 g/mol. The Hall–Kier alpha value is -5.80. The predicted octanol–water partition coefficient (Wildman–Crippen LogP) is 11.3. The van der Waals surface area contributed by atoms with Crippen LogP contribution in [0.4, 0.5) is 20.2 Å². The average molecular weight is 588 g/mol. The largest absolute Gasteiger partial charge is 0.317 e. The second kappa shape index (κ2) is 14.1. The summed E-state index contributed by atoms with van der Waals surface area (Å²) in [4.78, 5) is 2.10. The number of para-hydroxylation sites is 1. The van der Waals surface area contributed by atoms with Gasteiger partial charge in [-0.05, 0) is 81.9 Å². The van der Waals surface area contributed by atoms with Gasteiger partial charge in [0.15, 0.2) is 0 Å². The zero-order valence-electron chi connectivity index (χ0n) is 24.6. The topological polar surface area (TPSA) is 3.24 Å². The van der Waals surface area contributed by atoms with Crippen LogP contribution in [0.2, 0.25) is 0 Å². The normalized spacial score (nSPS) is 10.8. The number of hydrogen-bond acceptors (Lipinski definition) is 1. The fourth-order valence-corrected chi connectivity index (χ4v) is 5.19. The van der Waals surface area contributed by atoms with Gasteiger partial charge in [-0.25, -0.2) is 8.78 Å². The van der Waals surface area contributed by atoms with E-state index in [1.54, 1.807) is 24.3 Å². The Morgan fingerprint density at radius 2 is 0.844 bits per heavy atom. The number of benzene rings is 6. The monoisotopic (exact) mass is 587 g/mol. The smallest absolute Gasteiger partial charge is 0.123 e. The third-order valence-electron chi connectivity index (χ3n) is 7.50. The number of nitrogens with zero attached hydrogens (tertiary/aromatic N) is 1. The van der Waals surface area contributed by atoms with Crippen molar-refractivity contribution in [3.63, 3.8) is 0 Å². The third-order valence-corrected chi connectivity index (χ3v) is 7.50. The Labute approximate surface area is 263 Å². The van der Waals surface area contributed by atoms with Gasteiger partial charge in [-0.15, -0.1) is 0 Å². The van der Waals surface area contributed by atoms with Crippen LogP contribution in [0, 0.1) is 11.6 Å². The van der Waals surface area contributed by atoms with E-state index in [9.17, 15) is 8.78 Å². The first-order valence-electron chi connectivity index (χ1n) is 14.8. The van der Waals surface area contributed by atoms with Crippen molar-refractivity contribution in [2.45, 2.75) is 0 Å². The van der Waals surface area contributed by atoms with Crippen LogP contribution in [0.1, 0.15) is 27.8 Å². The summed E-state index contributed by atoms with van der Waals surface area (Å²) in [6.07, 6.45) is 8.35. The van der Waals surface area contributed by atoms with Crippen LogP contribution in [0.3, 0.4) is 0 Å². The Balaban J connectivity index is 1.35. The quantitative estimate of drug-likeness (QED) is 0.152. The number of allylic oxidation sites excluding steroid dienone is 2.